The van der Waals surface area contributed by atoms with Gasteiger partial charge in [0.15, 0.2) is 11.5 Å². The number of rotatable bonds is 6. The molecule has 0 radical (unpaired) electrons. The Morgan fingerprint density at radius 3 is 2.26 bits per heavy atom. The number of amides is 1. The minimum Gasteiger partial charge on any atom is -0.493 e. The largest absolute Gasteiger partial charge is 0.493 e. The lowest BCUT2D eigenvalue weighted by molar-refractivity contribution is -0.117. The molecule has 0 aliphatic heterocycles. The Labute approximate surface area is 137 Å². The standard InChI is InChI=1S/C18H25NO4/c1-21-15-9-14(10-16(22-2)18(15)23-3)19-17(20)8-13-7-11-4-5-12(13)6-11/h9-13H,4-8H2,1-3H3,(H,19,20)/t11-,12-,13+/m1/s1. The van der Waals surface area contributed by atoms with Gasteiger partial charge in [0.25, 0.3) is 0 Å². The van der Waals surface area contributed by atoms with E-state index in [4.69, 9.17) is 14.2 Å². The molecule has 2 bridgehead atoms. The van der Waals surface area contributed by atoms with Crippen LogP contribution in [0.1, 0.15) is 32.1 Å². The highest BCUT2D eigenvalue weighted by Gasteiger charge is 2.40. The fourth-order valence-electron chi connectivity index (χ4n) is 4.23. The van der Waals surface area contributed by atoms with E-state index in [1.54, 1.807) is 33.5 Å². The van der Waals surface area contributed by atoms with Gasteiger partial charge in [0.05, 0.1) is 21.3 Å². The maximum Gasteiger partial charge on any atom is 0.224 e. The molecule has 3 rings (SSSR count). The van der Waals surface area contributed by atoms with Crippen molar-refractivity contribution in [1.29, 1.82) is 0 Å². The minimum atomic E-state index is 0.0665. The van der Waals surface area contributed by atoms with Gasteiger partial charge in [-0.25, -0.2) is 0 Å². The van der Waals surface area contributed by atoms with E-state index in [0.29, 0.717) is 35.3 Å². The molecular formula is C18H25NO4. The van der Waals surface area contributed by atoms with Gasteiger partial charge in [0.1, 0.15) is 0 Å². The third kappa shape index (κ3) is 3.23. The molecular weight excluding hydrogens is 294 g/mol. The van der Waals surface area contributed by atoms with Gasteiger partial charge < -0.3 is 19.5 Å². The molecule has 2 aliphatic rings. The lowest BCUT2D eigenvalue weighted by Gasteiger charge is -2.21. The summed E-state index contributed by atoms with van der Waals surface area (Å²) in [6.07, 6.45) is 5.80. The Morgan fingerprint density at radius 2 is 1.78 bits per heavy atom. The fraction of sp³-hybridized carbons (Fsp3) is 0.611. The number of ether oxygens (including phenoxy) is 3. The molecule has 1 N–H and O–H groups in total. The van der Waals surface area contributed by atoms with E-state index in [2.05, 4.69) is 5.32 Å². The van der Waals surface area contributed by atoms with Gasteiger partial charge in [-0.3, -0.25) is 4.79 Å². The summed E-state index contributed by atoms with van der Waals surface area (Å²) in [5.74, 6) is 3.85. The number of benzene rings is 1. The second-order valence-corrected chi connectivity index (χ2v) is 6.60. The van der Waals surface area contributed by atoms with E-state index in [-0.39, 0.29) is 5.91 Å². The third-order valence-corrected chi connectivity index (χ3v) is 5.28. The molecule has 2 fully saturated rings. The zero-order valence-corrected chi connectivity index (χ0v) is 14.1. The molecule has 3 atom stereocenters. The Bertz CT molecular complexity index is 561. The number of fused-ring (bicyclic) bond motifs is 2. The maximum absolute atomic E-state index is 12.4. The van der Waals surface area contributed by atoms with Crippen molar-refractivity contribution < 1.29 is 19.0 Å². The van der Waals surface area contributed by atoms with Crippen molar-refractivity contribution in [3.8, 4) is 17.2 Å². The lowest BCUT2D eigenvalue weighted by atomic mass is 9.86. The van der Waals surface area contributed by atoms with Gasteiger partial charge >= 0.3 is 0 Å². The number of carbonyl (C=O) groups excluding carboxylic acids is 1. The molecule has 1 amide bonds. The highest BCUT2D eigenvalue weighted by atomic mass is 16.5. The predicted molar refractivity (Wildman–Crippen MR) is 88.3 cm³/mol. The number of anilines is 1. The molecule has 23 heavy (non-hydrogen) atoms. The van der Waals surface area contributed by atoms with Crippen LogP contribution in [-0.4, -0.2) is 27.2 Å². The van der Waals surface area contributed by atoms with Crippen molar-refractivity contribution in [2.45, 2.75) is 32.1 Å². The molecule has 0 heterocycles. The van der Waals surface area contributed by atoms with Gasteiger partial charge in [-0.15, -0.1) is 0 Å². The van der Waals surface area contributed by atoms with Crippen LogP contribution in [0.4, 0.5) is 5.69 Å². The molecule has 126 valence electrons. The maximum atomic E-state index is 12.4. The zero-order valence-electron chi connectivity index (χ0n) is 14.1. The topological polar surface area (TPSA) is 56.8 Å². The molecule has 2 saturated carbocycles. The summed E-state index contributed by atoms with van der Waals surface area (Å²) in [6, 6.07) is 3.53. The lowest BCUT2D eigenvalue weighted by Crippen LogP contribution is -2.20. The Morgan fingerprint density at radius 1 is 1.09 bits per heavy atom. The first-order valence-electron chi connectivity index (χ1n) is 8.24. The van der Waals surface area contributed by atoms with E-state index in [9.17, 15) is 4.79 Å². The summed E-state index contributed by atoms with van der Waals surface area (Å²) in [5.41, 5.74) is 0.674. The monoisotopic (exact) mass is 319 g/mol. The van der Waals surface area contributed by atoms with Crippen LogP contribution >= 0.6 is 0 Å². The Balaban J connectivity index is 1.68. The first-order chi connectivity index (χ1) is 11.1. The van der Waals surface area contributed by atoms with Gasteiger partial charge in [-0.2, -0.15) is 0 Å². The average molecular weight is 319 g/mol. The number of hydrogen-bond acceptors (Lipinski definition) is 4. The van der Waals surface area contributed by atoms with E-state index in [1.807, 2.05) is 0 Å². The summed E-state index contributed by atoms with van der Waals surface area (Å²) in [5, 5.41) is 2.97. The van der Waals surface area contributed by atoms with Crippen LogP contribution in [0, 0.1) is 17.8 Å². The highest BCUT2D eigenvalue weighted by molar-refractivity contribution is 5.91. The first kappa shape index (κ1) is 16.0. The molecule has 0 saturated heterocycles. The van der Waals surface area contributed by atoms with Gasteiger partial charge in [0, 0.05) is 24.2 Å². The summed E-state index contributed by atoms with van der Waals surface area (Å²) < 4.78 is 15.9. The van der Waals surface area contributed by atoms with Crippen molar-refractivity contribution >= 4 is 11.6 Å². The number of nitrogens with one attached hydrogen (secondary N) is 1. The van der Waals surface area contributed by atoms with Crippen LogP contribution in [0.25, 0.3) is 0 Å². The van der Waals surface area contributed by atoms with Crippen molar-refractivity contribution in [2.75, 3.05) is 26.6 Å². The quantitative estimate of drug-likeness (QED) is 0.872. The van der Waals surface area contributed by atoms with Crippen LogP contribution in [0.5, 0.6) is 17.2 Å². The molecule has 1 aromatic rings. The van der Waals surface area contributed by atoms with Crippen LogP contribution in [0.2, 0.25) is 0 Å². The summed E-state index contributed by atoms with van der Waals surface area (Å²) in [6.45, 7) is 0. The second-order valence-electron chi connectivity index (χ2n) is 6.60. The molecule has 0 spiro atoms. The van der Waals surface area contributed by atoms with E-state index < -0.39 is 0 Å². The number of carbonyl (C=O) groups is 1. The SMILES string of the molecule is COc1cc(NC(=O)C[C@@H]2C[C@@H]3CC[C@@H]2C3)cc(OC)c1OC. The number of methoxy groups -OCH3 is 3. The smallest absolute Gasteiger partial charge is 0.224 e. The van der Waals surface area contributed by atoms with Crippen molar-refractivity contribution in [3.05, 3.63) is 12.1 Å². The average Bonchev–Trinajstić information content (AvgIpc) is 3.16. The summed E-state index contributed by atoms with van der Waals surface area (Å²) in [4.78, 5) is 12.4. The summed E-state index contributed by atoms with van der Waals surface area (Å²) >= 11 is 0. The van der Waals surface area contributed by atoms with Crippen LogP contribution in [0.15, 0.2) is 12.1 Å². The normalized spacial score (nSPS) is 25.3. The Hall–Kier alpha value is -1.91. The fourth-order valence-corrected chi connectivity index (χ4v) is 4.23. The van der Waals surface area contributed by atoms with Crippen molar-refractivity contribution in [2.24, 2.45) is 17.8 Å². The third-order valence-electron chi connectivity index (χ3n) is 5.28. The van der Waals surface area contributed by atoms with E-state index in [0.717, 1.165) is 11.8 Å². The van der Waals surface area contributed by atoms with Gasteiger partial charge in [-0.05, 0) is 37.0 Å². The van der Waals surface area contributed by atoms with Gasteiger partial charge in [0.2, 0.25) is 11.7 Å². The second kappa shape index (κ2) is 6.69. The molecule has 0 unspecified atom stereocenters. The van der Waals surface area contributed by atoms with E-state index >= 15 is 0 Å². The highest BCUT2D eigenvalue weighted by Crippen LogP contribution is 2.49. The molecule has 1 aromatic carbocycles. The number of hydrogen-bond donors (Lipinski definition) is 1. The molecule has 2 aliphatic carbocycles. The predicted octanol–water partition coefficient (Wildman–Crippen LogP) is 3.48. The molecule has 5 heteroatoms. The van der Waals surface area contributed by atoms with Crippen LogP contribution in [0.3, 0.4) is 0 Å². The van der Waals surface area contributed by atoms with Crippen LogP contribution in [-0.2, 0) is 4.79 Å². The minimum absolute atomic E-state index is 0.0665. The molecule has 5 nitrogen and oxygen atoms in total. The van der Waals surface area contributed by atoms with Crippen molar-refractivity contribution in [1.82, 2.24) is 0 Å². The van der Waals surface area contributed by atoms with Crippen LogP contribution < -0.4 is 19.5 Å². The Kier molecular flexibility index (Phi) is 4.64. The first-order valence-corrected chi connectivity index (χ1v) is 8.24. The van der Waals surface area contributed by atoms with Crippen molar-refractivity contribution in [3.63, 3.8) is 0 Å². The molecule has 0 aromatic heterocycles. The van der Waals surface area contributed by atoms with E-state index in [1.165, 1.54) is 25.7 Å². The summed E-state index contributed by atoms with van der Waals surface area (Å²) in [7, 11) is 4.70. The van der Waals surface area contributed by atoms with Gasteiger partial charge in [-0.1, -0.05) is 6.42 Å². The zero-order chi connectivity index (χ0) is 16.4.